The Morgan fingerprint density at radius 3 is 2.81 bits per heavy atom. The molecule has 2 nitrogen and oxygen atoms in total. The lowest BCUT2D eigenvalue weighted by molar-refractivity contribution is 0.0958. The maximum absolute atomic E-state index is 11.7. The molecule has 0 spiro atoms. The van der Waals surface area contributed by atoms with Gasteiger partial charge in [-0.3, -0.25) is 4.79 Å². The summed E-state index contributed by atoms with van der Waals surface area (Å²) in [6, 6.07) is 5.19. The highest BCUT2D eigenvalue weighted by molar-refractivity contribution is 6.31. The molecule has 0 aliphatic carbocycles. The van der Waals surface area contributed by atoms with E-state index in [4.69, 9.17) is 23.2 Å². The molecule has 1 amide bonds. The molecule has 16 heavy (non-hydrogen) atoms. The maximum atomic E-state index is 11.7. The summed E-state index contributed by atoms with van der Waals surface area (Å²) in [4.78, 5) is 11.7. The first-order valence-electron chi connectivity index (χ1n) is 4.90. The van der Waals surface area contributed by atoms with Gasteiger partial charge in [-0.1, -0.05) is 23.8 Å². The number of rotatable bonds is 4. The molecule has 0 radical (unpaired) electrons. The number of carbonyl (C=O) groups is 1. The minimum Gasteiger partial charge on any atom is -0.349 e. The zero-order valence-corrected chi connectivity index (χ0v) is 10.5. The Morgan fingerprint density at radius 1 is 1.44 bits per heavy atom. The first-order valence-corrected chi connectivity index (χ1v) is 5.81. The third-order valence-corrected chi connectivity index (χ3v) is 2.66. The summed E-state index contributed by atoms with van der Waals surface area (Å²) >= 11 is 11.3. The summed E-state index contributed by atoms with van der Waals surface area (Å²) in [5.41, 5.74) is 1.51. The van der Waals surface area contributed by atoms with Crippen molar-refractivity contribution in [2.24, 2.45) is 0 Å². The van der Waals surface area contributed by atoms with Crippen LogP contribution in [0.1, 0.15) is 15.9 Å². The maximum Gasteiger partial charge on any atom is 0.251 e. The Labute approximate surface area is 105 Å². The summed E-state index contributed by atoms with van der Waals surface area (Å²) < 4.78 is 0. The van der Waals surface area contributed by atoms with Crippen molar-refractivity contribution in [2.75, 3.05) is 12.4 Å². The Balaban J connectivity index is 2.59. The van der Waals surface area contributed by atoms with E-state index >= 15 is 0 Å². The topological polar surface area (TPSA) is 29.1 Å². The van der Waals surface area contributed by atoms with E-state index in [1.165, 1.54) is 0 Å². The number of hydrogen-bond acceptors (Lipinski definition) is 1. The van der Waals surface area contributed by atoms with Gasteiger partial charge in [0.2, 0.25) is 0 Å². The van der Waals surface area contributed by atoms with E-state index in [2.05, 4.69) is 5.32 Å². The van der Waals surface area contributed by atoms with Gasteiger partial charge in [0.1, 0.15) is 0 Å². The van der Waals surface area contributed by atoms with Crippen LogP contribution in [-0.4, -0.2) is 18.3 Å². The molecule has 0 unspecified atom stereocenters. The Morgan fingerprint density at radius 2 is 2.19 bits per heavy atom. The van der Waals surface area contributed by atoms with Gasteiger partial charge < -0.3 is 5.32 Å². The van der Waals surface area contributed by atoms with E-state index in [0.29, 0.717) is 23.0 Å². The fourth-order valence-electron chi connectivity index (χ4n) is 1.19. The highest BCUT2D eigenvalue weighted by atomic mass is 35.5. The fourth-order valence-corrected chi connectivity index (χ4v) is 1.43. The minimum atomic E-state index is -0.112. The van der Waals surface area contributed by atoms with E-state index in [9.17, 15) is 4.79 Å². The zero-order valence-electron chi connectivity index (χ0n) is 8.97. The zero-order chi connectivity index (χ0) is 12.0. The van der Waals surface area contributed by atoms with E-state index in [-0.39, 0.29) is 5.91 Å². The van der Waals surface area contributed by atoms with Crippen LogP contribution >= 0.6 is 23.2 Å². The van der Waals surface area contributed by atoms with E-state index < -0.39 is 0 Å². The molecule has 0 saturated heterocycles. The van der Waals surface area contributed by atoms with Gasteiger partial charge in [-0.25, -0.2) is 0 Å². The number of amides is 1. The second-order valence-corrected chi connectivity index (χ2v) is 4.02. The first-order chi connectivity index (χ1) is 7.65. The molecule has 1 aromatic rings. The van der Waals surface area contributed by atoms with E-state index in [0.717, 1.165) is 5.56 Å². The number of nitrogens with one attached hydrogen (secondary N) is 1. The molecule has 1 rings (SSSR count). The van der Waals surface area contributed by atoms with Crippen LogP contribution in [0.5, 0.6) is 0 Å². The fraction of sp³-hybridized carbons (Fsp3) is 0.250. The summed E-state index contributed by atoms with van der Waals surface area (Å²) in [6.45, 7) is 2.35. The molecule has 0 bridgehead atoms. The average molecular weight is 258 g/mol. The van der Waals surface area contributed by atoms with Crippen molar-refractivity contribution >= 4 is 29.1 Å². The van der Waals surface area contributed by atoms with Crippen LogP contribution in [-0.2, 0) is 0 Å². The smallest absolute Gasteiger partial charge is 0.251 e. The van der Waals surface area contributed by atoms with Gasteiger partial charge >= 0.3 is 0 Å². The predicted molar refractivity (Wildman–Crippen MR) is 68.4 cm³/mol. The van der Waals surface area contributed by atoms with Gasteiger partial charge in [-0.15, -0.1) is 11.6 Å². The number of hydrogen-bond donors (Lipinski definition) is 1. The quantitative estimate of drug-likeness (QED) is 0.652. The molecule has 4 heteroatoms. The highest BCUT2D eigenvalue weighted by Crippen LogP contribution is 2.15. The van der Waals surface area contributed by atoms with E-state index in [1.54, 1.807) is 24.3 Å². The van der Waals surface area contributed by atoms with Gasteiger partial charge in [0, 0.05) is 23.0 Å². The van der Waals surface area contributed by atoms with Crippen molar-refractivity contribution in [3.63, 3.8) is 0 Å². The number of benzene rings is 1. The van der Waals surface area contributed by atoms with E-state index in [1.807, 2.05) is 13.0 Å². The minimum absolute atomic E-state index is 0.112. The van der Waals surface area contributed by atoms with Crippen LogP contribution < -0.4 is 5.32 Å². The van der Waals surface area contributed by atoms with Crippen LogP contribution in [0.3, 0.4) is 0 Å². The van der Waals surface area contributed by atoms with Crippen LogP contribution in [0.25, 0.3) is 0 Å². The molecule has 86 valence electrons. The summed E-state index contributed by atoms with van der Waals surface area (Å²) in [7, 11) is 0. The van der Waals surface area contributed by atoms with Crippen LogP contribution in [0.15, 0.2) is 30.4 Å². The first kappa shape index (κ1) is 13.1. The van der Waals surface area contributed by atoms with Crippen molar-refractivity contribution in [3.8, 4) is 0 Å². The molecule has 0 aliphatic rings. The average Bonchev–Trinajstić information content (AvgIpc) is 2.28. The molecule has 0 saturated carbocycles. The molecule has 1 N–H and O–H groups in total. The Bertz CT molecular complexity index is 402. The highest BCUT2D eigenvalue weighted by Gasteiger charge is 2.05. The number of alkyl halides is 1. The third kappa shape index (κ3) is 3.87. The molecule has 0 aromatic heterocycles. The molecule has 0 atom stereocenters. The molecular formula is C12H13Cl2NO. The summed E-state index contributed by atoms with van der Waals surface area (Å²) in [5.74, 6) is 0.342. The second kappa shape index (κ2) is 6.56. The predicted octanol–water partition coefficient (Wildman–Crippen LogP) is 3.17. The molecular weight excluding hydrogens is 245 g/mol. The number of allylic oxidation sites excluding steroid dienone is 1. The molecule has 0 fully saturated rings. The summed E-state index contributed by atoms with van der Waals surface area (Å²) in [6.07, 6.45) is 3.60. The van der Waals surface area contributed by atoms with Crippen molar-refractivity contribution in [3.05, 3.63) is 46.5 Å². The number of aryl methyl sites for hydroxylation is 1. The van der Waals surface area contributed by atoms with Crippen molar-refractivity contribution in [1.29, 1.82) is 0 Å². The second-order valence-electron chi connectivity index (χ2n) is 3.30. The third-order valence-electron chi connectivity index (χ3n) is 2.06. The van der Waals surface area contributed by atoms with Crippen LogP contribution in [0, 0.1) is 6.92 Å². The van der Waals surface area contributed by atoms with Gasteiger partial charge in [0.25, 0.3) is 5.91 Å². The molecule has 1 aromatic carbocycles. The van der Waals surface area contributed by atoms with Gasteiger partial charge in [-0.2, -0.15) is 0 Å². The van der Waals surface area contributed by atoms with Crippen LogP contribution in [0.2, 0.25) is 5.02 Å². The normalized spacial score (nSPS) is 10.7. The SMILES string of the molecule is Cc1cc(C(=O)NC/C=C/CCl)ccc1Cl. The van der Waals surface area contributed by atoms with Crippen molar-refractivity contribution in [1.82, 2.24) is 5.32 Å². The standard InChI is InChI=1S/C12H13Cl2NO/c1-9-8-10(4-5-11(9)14)12(16)15-7-3-2-6-13/h2-5,8H,6-7H2,1H3,(H,15,16)/b3-2+. The lowest BCUT2D eigenvalue weighted by Crippen LogP contribution is -2.23. The number of carbonyl (C=O) groups excluding carboxylic acids is 1. The van der Waals surface area contributed by atoms with Crippen LogP contribution in [0.4, 0.5) is 0 Å². The van der Waals surface area contributed by atoms with Gasteiger partial charge in [0.15, 0.2) is 0 Å². The van der Waals surface area contributed by atoms with Gasteiger partial charge in [0.05, 0.1) is 0 Å². The lowest BCUT2D eigenvalue weighted by Gasteiger charge is -2.04. The largest absolute Gasteiger partial charge is 0.349 e. The molecule has 0 heterocycles. The number of halogens is 2. The Kier molecular flexibility index (Phi) is 5.36. The summed E-state index contributed by atoms with van der Waals surface area (Å²) in [5, 5.41) is 3.42. The van der Waals surface area contributed by atoms with Gasteiger partial charge in [-0.05, 0) is 30.7 Å². The lowest BCUT2D eigenvalue weighted by atomic mass is 10.1. The van der Waals surface area contributed by atoms with Crippen molar-refractivity contribution < 1.29 is 4.79 Å². The monoisotopic (exact) mass is 257 g/mol. The van der Waals surface area contributed by atoms with Crippen molar-refractivity contribution in [2.45, 2.75) is 6.92 Å². The Hall–Kier alpha value is -0.990. The molecule has 0 aliphatic heterocycles.